The molecule has 1 aromatic rings. The molecule has 3 heteroatoms. The van der Waals surface area contributed by atoms with Gasteiger partial charge in [-0.25, -0.2) is 4.79 Å². The third kappa shape index (κ3) is 6.99. The van der Waals surface area contributed by atoms with Crippen molar-refractivity contribution >= 4 is 6.16 Å². The van der Waals surface area contributed by atoms with Crippen LogP contribution in [0.4, 0.5) is 4.79 Å². The first-order valence-corrected chi connectivity index (χ1v) is 13.4. The van der Waals surface area contributed by atoms with E-state index >= 15 is 0 Å². The summed E-state index contributed by atoms with van der Waals surface area (Å²) in [5.41, 5.74) is 2.76. The van der Waals surface area contributed by atoms with Crippen LogP contribution in [0.1, 0.15) is 121 Å². The van der Waals surface area contributed by atoms with Crippen molar-refractivity contribution in [2.75, 3.05) is 7.11 Å². The van der Waals surface area contributed by atoms with Crippen LogP contribution in [0, 0.1) is 11.8 Å². The zero-order valence-corrected chi connectivity index (χ0v) is 20.9. The van der Waals surface area contributed by atoms with Crippen molar-refractivity contribution in [3.63, 3.8) is 0 Å². The predicted molar refractivity (Wildman–Crippen MR) is 132 cm³/mol. The van der Waals surface area contributed by atoms with Gasteiger partial charge in [-0.15, -0.1) is 0 Å². The van der Waals surface area contributed by atoms with Crippen molar-refractivity contribution in [2.24, 2.45) is 11.8 Å². The SMILES string of the molecule is CCCCCC1(OC(=O)OC)CCC(C2CCC(c3ccc(CCCC)cc3)CC2)CC1. The van der Waals surface area contributed by atoms with Crippen molar-refractivity contribution in [1.82, 2.24) is 0 Å². The molecule has 0 amide bonds. The highest BCUT2D eigenvalue weighted by molar-refractivity contribution is 5.60. The molecule has 0 bridgehead atoms. The molecule has 2 fully saturated rings. The van der Waals surface area contributed by atoms with Crippen LogP contribution in [0.25, 0.3) is 0 Å². The third-order valence-corrected chi connectivity index (χ3v) is 8.35. The molecule has 0 radical (unpaired) electrons. The van der Waals surface area contributed by atoms with Gasteiger partial charge in [0.05, 0.1) is 7.11 Å². The fourth-order valence-electron chi connectivity index (χ4n) is 6.22. The number of hydrogen-bond acceptors (Lipinski definition) is 3. The minimum absolute atomic E-state index is 0.282. The summed E-state index contributed by atoms with van der Waals surface area (Å²) >= 11 is 0. The third-order valence-electron chi connectivity index (χ3n) is 8.35. The summed E-state index contributed by atoms with van der Waals surface area (Å²) in [7, 11) is 1.42. The molecule has 2 aliphatic rings. The zero-order valence-electron chi connectivity index (χ0n) is 20.9. The lowest BCUT2D eigenvalue weighted by Gasteiger charge is -2.43. The van der Waals surface area contributed by atoms with Crippen LogP contribution in [0.5, 0.6) is 0 Å². The van der Waals surface area contributed by atoms with E-state index in [1.807, 2.05) is 0 Å². The van der Waals surface area contributed by atoms with E-state index in [9.17, 15) is 4.79 Å². The molecule has 0 saturated heterocycles. The van der Waals surface area contributed by atoms with Crippen molar-refractivity contribution < 1.29 is 14.3 Å². The maximum absolute atomic E-state index is 11.9. The molecule has 0 atom stereocenters. The van der Waals surface area contributed by atoms with E-state index in [1.54, 1.807) is 5.56 Å². The molecule has 32 heavy (non-hydrogen) atoms. The molecule has 0 heterocycles. The Morgan fingerprint density at radius 2 is 1.50 bits per heavy atom. The smallest absolute Gasteiger partial charge is 0.438 e. The predicted octanol–water partition coefficient (Wildman–Crippen LogP) is 8.60. The minimum Gasteiger partial charge on any atom is -0.438 e. The molecule has 0 aliphatic heterocycles. The fourth-order valence-corrected chi connectivity index (χ4v) is 6.22. The Bertz CT molecular complexity index is 664. The van der Waals surface area contributed by atoms with Gasteiger partial charge in [0, 0.05) is 0 Å². The summed E-state index contributed by atoms with van der Waals surface area (Å²) in [6, 6.07) is 9.51. The highest BCUT2D eigenvalue weighted by Gasteiger charge is 2.41. The van der Waals surface area contributed by atoms with Gasteiger partial charge in [-0.05, 0) is 106 Å². The highest BCUT2D eigenvalue weighted by Crippen LogP contribution is 2.47. The average molecular weight is 443 g/mol. The summed E-state index contributed by atoms with van der Waals surface area (Å²) in [5, 5.41) is 0. The van der Waals surface area contributed by atoms with Gasteiger partial charge < -0.3 is 9.47 Å². The van der Waals surface area contributed by atoms with E-state index in [1.165, 1.54) is 83.3 Å². The van der Waals surface area contributed by atoms with E-state index in [0.29, 0.717) is 0 Å². The molecule has 2 aliphatic carbocycles. The fraction of sp³-hybridized carbons (Fsp3) is 0.759. The lowest BCUT2D eigenvalue weighted by molar-refractivity contribution is -0.0674. The topological polar surface area (TPSA) is 35.5 Å². The molecule has 0 spiro atoms. The summed E-state index contributed by atoms with van der Waals surface area (Å²) in [4.78, 5) is 11.9. The minimum atomic E-state index is -0.499. The van der Waals surface area contributed by atoms with Gasteiger partial charge in [0.25, 0.3) is 0 Å². The van der Waals surface area contributed by atoms with Gasteiger partial charge in [-0.3, -0.25) is 0 Å². The molecule has 0 N–H and O–H groups in total. The highest BCUT2D eigenvalue weighted by atomic mass is 16.7. The molecule has 1 aromatic carbocycles. The monoisotopic (exact) mass is 442 g/mol. The quantitative estimate of drug-likeness (QED) is 0.269. The van der Waals surface area contributed by atoms with Crippen LogP contribution < -0.4 is 0 Å². The number of unbranched alkanes of at least 4 members (excludes halogenated alkanes) is 3. The molecule has 0 aromatic heterocycles. The van der Waals surface area contributed by atoms with Crippen molar-refractivity contribution in [2.45, 2.75) is 122 Å². The summed E-state index contributed by atoms with van der Waals surface area (Å²) in [5.74, 6) is 2.39. The van der Waals surface area contributed by atoms with Crippen molar-refractivity contribution in [3.05, 3.63) is 35.4 Å². The van der Waals surface area contributed by atoms with Gasteiger partial charge in [-0.1, -0.05) is 57.4 Å². The first kappa shape index (κ1) is 25.1. The Balaban J connectivity index is 1.48. The van der Waals surface area contributed by atoms with Gasteiger partial charge in [0.15, 0.2) is 0 Å². The Kier molecular flexibility index (Phi) is 9.93. The van der Waals surface area contributed by atoms with Gasteiger partial charge >= 0.3 is 6.16 Å². The van der Waals surface area contributed by atoms with Crippen LogP contribution in [0.3, 0.4) is 0 Å². The van der Waals surface area contributed by atoms with E-state index in [2.05, 4.69) is 38.1 Å². The zero-order chi connectivity index (χ0) is 22.8. The molecule has 2 saturated carbocycles. The Hall–Kier alpha value is -1.51. The number of benzene rings is 1. The first-order valence-electron chi connectivity index (χ1n) is 13.4. The molecule has 3 nitrogen and oxygen atoms in total. The second-order valence-electron chi connectivity index (χ2n) is 10.5. The number of carbonyl (C=O) groups excluding carboxylic acids is 1. The van der Waals surface area contributed by atoms with Crippen molar-refractivity contribution in [3.8, 4) is 0 Å². The van der Waals surface area contributed by atoms with Crippen LogP contribution in [0.2, 0.25) is 0 Å². The van der Waals surface area contributed by atoms with Crippen LogP contribution in [-0.4, -0.2) is 18.9 Å². The Morgan fingerprint density at radius 3 is 2.09 bits per heavy atom. The Labute approximate surface area is 196 Å². The Morgan fingerprint density at radius 1 is 0.875 bits per heavy atom. The first-order chi connectivity index (χ1) is 15.6. The lowest BCUT2D eigenvalue weighted by atomic mass is 9.66. The van der Waals surface area contributed by atoms with E-state index in [-0.39, 0.29) is 5.60 Å². The summed E-state index contributed by atoms with van der Waals surface area (Å²) in [6.07, 6.45) is 17.6. The second kappa shape index (κ2) is 12.7. The van der Waals surface area contributed by atoms with E-state index < -0.39 is 6.16 Å². The van der Waals surface area contributed by atoms with Gasteiger partial charge in [0.1, 0.15) is 5.60 Å². The number of rotatable bonds is 10. The second-order valence-corrected chi connectivity index (χ2v) is 10.5. The number of aryl methyl sites for hydroxylation is 1. The normalized spacial score (nSPS) is 28.3. The molecular weight excluding hydrogens is 396 g/mol. The average Bonchev–Trinajstić information content (AvgIpc) is 2.84. The van der Waals surface area contributed by atoms with E-state index in [4.69, 9.17) is 9.47 Å². The maximum atomic E-state index is 11.9. The van der Waals surface area contributed by atoms with Crippen LogP contribution >= 0.6 is 0 Å². The van der Waals surface area contributed by atoms with Crippen LogP contribution in [-0.2, 0) is 15.9 Å². The maximum Gasteiger partial charge on any atom is 0.508 e. The van der Waals surface area contributed by atoms with Gasteiger partial charge in [-0.2, -0.15) is 0 Å². The number of ether oxygens (including phenoxy) is 2. The number of methoxy groups -OCH3 is 1. The number of hydrogen-bond donors (Lipinski definition) is 0. The van der Waals surface area contributed by atoms with E-state index in [0.717, 1.165) is 43.4 Å². The molecule has 180 valence electrons. The van der Waals surface area contributed by atoms with Gasteiger partial charge in [0.2, 0.25) is 0 Å². The van der Waals surface area contributed by atoms with Crippen LogP contribution in [0.15, 0.2) is 24.3 Å². The summed E-state index contributed by atoms with van der Waals surface area (Å²) < 4.78 is 10.7. The largest absolute Gasteiger partial charge is 0.508 e. The molecule has 3 rings (SSSR count). The lowest BCUT2D eigenvalue weighted by Crippen LogP contribution is -2.40. The number of carbonyl (C=O) groups is 1. The van der Waals surface area contributed by atoms with Crippen molar-refractivity contribution in [1.29, 1.82) is 0 Å². The molecule has 0 unspecified atom stereocenters. The summed E-state index contributed by atoms with van der Waals surface area (Å²) in [6.45, 7) is 4.49. The standard InChI is InChI=1S/C29H46O3/c1-4-6-8-20-29(32-28(30)31-3)21-18-27(19-22-29)26-16-14-25(15-17-26)24-12-10-23(11-13-24)9-7-5-2/h10-13,25-27H,4-9,14-22H2,1-3H3. The molecular formula is C29H46O3.